The van der Waals surface area contributed by atoms with Crippen molar-refractivity contribution in [3.05, 3.63) is 57.5 Å². The summed E-state index contributed by atoms with van der Waals surface area (Å²) < 4.78 is 20.1. The van der Waals surface area contributed by atoms with Crippen LogP contribution in [0.15, 0.2) is 24.4 Å². The number of nitrogens with zero attached hydrogens (tertiary/aromatic N) is 3. The predicted octanol–water partition coefficient (Wildman–Crippen LogP) is 4.24. The highest BCUT2D eigenvalue weighted by molar-refractivity contribution is 6.30. The second kappa shape index (κ2) is 11.0. The largest absolute Gasteiger partial charge is 0.466 e. The summed E-state index contributed by atoms with van der Waals surface area (Å²) in [4.78, 5) is 58.8. The van der Waals surface area contributed by atoms with E-state index in [4.69, 9.17) is 22.1 Å². The first-order valence-corrected chi connectivity index (χ1v) is 14.4. The van der Waals surface area contributed by atoms with E-state index in [0.29, 0.717) is 34.9 Å². The number of carbonyl (C=O) groups excluding carboxylic acids is 4. The van der Waals surface area contributed by atoms with Crippen LogP contribution in [0, 0.1) is 11.7 Å². The van der Waals surface area contributed by atoms with Gasteiger partial charge in [0, 0.05) is 42.6 Å². The van der Waals surface area contributed by atoms with E-state index in [1.165, 1.54) is 17.2 Å². The van der Waals surface area contributed by atoms with Crippen LogP contribution in [0.5, 0.6) is 0 Å². The number of pyridine rings is 1. The highest BCUT2D eigenvalue weighted by Gasteiger charge is 2.51. The van der Waals surface area contributed by atoms with Crippen molar-refractivity contribution in [3.63, 3.8) is 0 Å². The molecule has 2 aromatic rings. The molecule has 41 heavy (non-hydrogen) atoms. The third kappa shape index (κ3) is 5.41. The fourth-order valence-electron chi connectivity index (χ4n) is 6.03. The van der Waals surface area contributed by atoms with Crippen molar-refractivity contribution in [2.45, 2.75) is 76.8 Å². The third-order valence-corrected chi connectivity index (χ3v) is 8.54. The molecule has 0 saturated heterocycles. The highest BCUT2D eigenvalue weighted by atomic mass is 35.5. The fraction of sp³-hybridized carbons (Fsp3) is 0.500. The lowest BCUT2D eigenvalue weighted by Crippen LogP contribution is -2.45. The number of esters is 1. The Balaban J connectivity index is 1.33. The molecule has 0 bridgehead atoms. The number of carbonyl (C=O) groups is 4. The van der Waals surface area contributed by atoms with Crippen LogP contribution < -0.4 is 10.6 Å². The van der Waals surface area contributed by atoms with Gasteiger partial charge in [-0.1, -0.05) is 44.9 Å². The zero-order valence-electron chi connectivity index (χ0n) is 23.4. The second-order valence-electron chi connectivity index (χ2n) is 11.7. The van der Waals surface area contributed by atoms with Crippen molar-refractivity contribution in [1.82, 2.24) is 9.88 Å². The number of halogens is 2. The van der Waals surface area contributed by atoms with E-state index >= 15 is 0 Å². The molecule has 3 atom stereocenters. The van der Waals surface area contributed by atoms with Gasteiger partial charge >= 0.3 is 5.97 Å². The molecule has 0 radical (unpaired) electrons. The van der Waals surface area contributed by atoms with Crippen LogP contribution in [-0.2, 0) is 31.1 Å². The molecule has 5 rings (SSSR count). The smallest absolute Gasteiger partial charge is 0.305 e. The molecule has 2 N–H and O–H groups in total. The number of amides is 3. The van der Waals surface area contributed by atoms with Gasteiger partial charge in [0.2, 0.25) is 11.8 Å². The molecule has 3 unspecified atom stereocenters. The molecular formula is C30H34ClFN4O5. The number of nitrogens with two attached hydrogens (primary N) is 1. The minimum absolute atomic E-state index is 0.0251. The zero-order chi connectivity index (χ0) is 29.6. The second-order valence-corrected chi connectivity index (χ2v) is 12.2. The van der Waals surface area contributed by atoms with Crippen molar-refractivity contribution in [1.29, 1.82) is 0 Å². The maximum absolute atomic E-state index is 15.0. The van der Waals surface area contributed by atoms with E-state index < -0.39 is 29.6 Å². The van der Waals surface area contributed by atoms with Crippen LogP contribution in [0.1, 0.15) is 85.8 Å². The summed E-state index contributed by atoms with van der Waals surface area (Å²) in [5.41, 5.74) is 7.28. The van der Waals surface area contributed by atoms with E-state index in [2.05, 4.69) is 4.98 Å². The van der Waals surface area contributed by atoms with Crippen LogP contribution in [0.3, 0.4) is 0 Å². The Labute approximate surface area is 243 Å². The summed E-state index contributed by atoms with van der Waals surface area (Å²) in [5.74, 6) is -2.64. The molecule has 3 heterocycles. The lowest BCUT2D eigenvalue weighted by atomic mass is 9.88. The van der Waals surface area contributed by atoms with Gasteiger partial charge in [-0.05, 0) is 48.4 Å². The predicted molar refractivity (Wildman–Crippen MR) is 150 cm³/mol. The topological polar surface area (TPSA) is 123 Å². The number of anilines is 1. The van der Waals surface area contributed by atoms with Gasteiger partial charge in [0.25, 0.3) is 5.91 Å². The number of rotatable bonds is 10. The Kier molecular flexibility index (Phi) is 7.80. The van der Waals surface area contributed by atoms with Gasteiger partial charge in [-0.2, -0.15) is 0 Å². The molecule has 2 aliphatic heterocycles. The van der Waals surface area contributed by atoms with Crippen LogP contribution in [0.4, 0.5) is 10.2 Å². The van der Waals surface area contributed by atoms with Gasteiger partial charge in [-0.25, -0.2) is 9.37 Å². The Morgan fingerprint density at radius 3 is 2.76 bits per heavy atom. The molecule has 1 aliphatic carbocycles. The van der Waals surface area contributed by atoms with E-state index in [9.17, 15) is 23.6 Å². The van der Waals surface area contributed by atoms with Gasteiger partial charge in [0.1, 0.15) is 17.7 Å². The lowest BCUT2D eigenvalue weighted by Gasteiger charge is -2.25. The molecule has 9 nitrogen and oxygen atoms in total. The standard InChI is InChI=1S/C30H34ClFN4O5/c1-4-5-10-41-24(37)9-8-23(26(33)38)35-14-20-17(6-7-22(32)25(20)29(35)40)18-12-19(18)28(39)36-15-30(2,3)21-11-16(31)13-34-27(21)36/h6-7,11,13,18-19,23H,4-5,8-10,12,14-15H2,1-3H3,(H2,33,38). The van der Waals surface area contributed by atoms with E-state index in [0.717, 1.165) is 18.4 Å². The van der Waals surface area contributed by atoms with Gasteiger partial charge in [0.15, 0.2) is 0 Å². The summed E-state index contributed by atoms with van der Waals surface area (Å²) in [7, 11) is 0. The minimum atomic E-state index is -1.10. The third-order valence-electron chi connectivity index (χ3n) is 8.33. The monoisotopic (exact) mass is 584 g/mol. The Morgan fingerprint density at radius 1 is 1.29 bits per heavy atom. The van der Waals surface area contributed by atoms with Crippen molar-refractivity contribution >= 4 is 41.1 Å². The first-order chi connectivity index (χ1) is 19.4. The van der Waals surface area contributed by atoms with Crippen molar-refractivity contribution in [2.24, 2.45) is 11.7 Å². The number of hydrogen-bond acceptors (Lipinski definition) is 6. The minimum Gasteiger partial charge on any atom is -0.466 e. The molecule has 1 fully saturated rings. The van der Waals surface area contributed by atoms with Crippen LogP contribution in [-0.4, -0.2) is 52.8 Å². The number of fused-ring (bicyclic) bond motifs is 2. The molecule has 11 heteroatoms. The Morgan fingerprint density at radius 2 is 2.05 bits per heavy atom. The molecular weight excluding hydrogens is 551 g/mol. The Hall–Kier alpha value is -3.53. The maximum Gasteiger partial charge on any atom is 0.305 e. The SMILES string of the molecule is CCCCOC(=O)CCC(C(N)=O)N1Cc2c(C3CC3C(=O)N3CC(C)(C)c4cc(Cl)cnc43)ccc(F)c2C1=O. The molecule has 3 aliphatic rings. The molecule has 1 aromatic heterocycles. The molecule has 1 aromatic carbocycles. The first kappa shape index (κ1) is 29.0. The van der Waals surface area contributed by atoms with Crippen molar-refractivity contribution < 1.29 is 28.3 Å². The quantitative estimate of drug-likeness (QED) is 0.329. The maximum atomic E-state index is 15.0. The number of hydrogen-bond donors (Lipinski definition) is 1. The molecule has 0 spiro atoms. The fourth-order valence-corrected chi connectivity index (χ4v) is 6.18. The average Bonchev–Trinajstić information content (AvgIpc) is 3.57. The molecule has 1 saturated carbocycles. The van der Waals surface area contributed by atoms with Gasteiger partial charge in [0.05, 0.1) is 17.2 Å². The summed E-state index contributed by atoms with van der Waals surface area (Å²) >= 11 is 6.17. The first-order valence-electron chi connectivity index (χ1n) is 14.0. The summed E-state index contributed by atoms with van der Waals surface area (Å²) in [6.45, 7) is 6.76. The molecule has 3 amide bonds. The number of benzene rings is 1. The van der Waals surface area contributed by atoms with Gasteiger partial charge < -0.3 is 15.4 Å². The van der Waals surface area contributed by atoms with Gasteiger partial charge in [-0.15, -0.1) is 0 Å². The van der Waals surface area contributed by atoms with E-state index in [1.807, 2.05) is 26.8 Å². The van der Waals surface area contributed by atoms with Crippen LogP contribution >= 0.6 is 11.6 Å². The summed E-state index contributed by atoms with van der Waals surface area (Å²) in [6, 6.07) is 3.60. The van der Waals surface area contributed by atoms with Crippen LogP contribution in [0.25, 0.3) is 0 Å². The van der Waals surface area contributed by atoms with Gasteiger partial charge in [-0.3, -0.25) is 24.1 Å². The van der Waals surface area contributed by atoms with Crippen molar-refractivity contribution in [3.8, 4) is 0 Å². The van der Waals surface area contributed by atoms with E-state index in [1.54, 1.807) is 11.0 Å². The lowest BCUT2D eigenvalue weighted by molar-refractivity contribution is -0.144. The van der Waals surface area contributed by atoms with Crippen molar-refractivity contribution in [2.75, 3.05) is 18.1 Å². The summed E-state index contributed by atoms with van der Waals surface area (Å²) in [5, 5.41) is 0.508. The number of ether oxygens (including phenoxy) is 1. The number of aromatic nitrogens is 1. The Bertz CT molecular complexity index is 1430. The van der Waals surface area contributed by atoms with Crippen LogP contribution in [0.2, 0.25) is 5.02 Å². The van der Waals surface area contributed by atoms with E-state index in [-0.39, 0.29) is 54.7 Å². The summed E-state index contributed by atoms with van der Waals surface area (Å²) in [6.07, 6.45) is 3.55. The highest BCUT2D eigenvalue weighted by Crippen LogP contribution is 2.53. The number of unbranched alkanes of at least 4 members (excludes halogenated alkanes) is 1. The molecule has 218 valence electrons. The normalized spacial score (nSPS) is 21.0. The average molecular weight is 585 g/mol. The number of primary amides is 1. The zero-order valence-corrected chi connectivity index (χ0v) is 24.2.